The van der Waals surface area contributed by atoms with Gasteiger partial charge in [0.1, 0.15) is 5.75 Å². The maximum Gasteiger partial charge on any atom is 0.244 e. The lowest BCUT2D eigenvalue weighted by atomic mass is 10.1. The van der Waals surface area contributed by atoms with Gasteiger partial charge in [-0.2, -0.15) is 0 Å². The number of ether oxygens (including phenoxy) is 1. The normalized spacial score (nSPS) is 10.7. The molecule has 4 heteroatoms. The fraction of sp³-hybridized carbons (Fsp3) is 0.211. The second-order valence-electron chi connectivity index (χ2n) is 5.10. The van der Waals surface area contributed by atoms with E-state index >= 15 is 0 Å². The monoisotopic (exact) mass is 329 g/mol. The number of halogens is 1. The van der Waals surface area contributed by atoms with Gasteiger partial charge in [0.15, 0.2) is 0 Å². The topological polar surface area (TPSA) is 38.3 Å². The smallest absolute Gasteiger partial charge is 0.244 e. The summed E-state index contributed by atoms with van der Waals surface area (Å²) in [4.78, 5) is 11.8. The highest BCUT2D eigenvalue weighted by atomic mass is 35.5. The molecule has 0 saturated carbocycles. The molecule has 0 atom stereocenters. The van der Waals surface area contributed by atoms with E-state index in [-0.39, 0.29) is 5.91 Å². The van der Waals surface area contributed by atoms with E-state index in [1.165, 1.54) is 11.6 Å². The summed E-state index contributed by atoms with van der Waals surface area (Å²) >= 11 is 6.03. The molecule has 0 aliphatic carbocycles. The standard InChI is InChI=1S/C19H20ClNO2/c1-23-17-9-4-6-15(14-17)7-5-13-21-19(22)12-11-16-8-2-3-10-18(16)20/h2-4,6,8-12,14H,5,7,13H2,1H3,(H,21,22)/b12-11+. The number of methoxy groups -OCH3 is 1. The van der Waals surface area contributed by atoms with Crippen LogP contribution in [0.15, 0.2) is 54.6 Å². The number of benzene rings is 2. The number of nitrogens with one attached hydrogen (secondary N) is 1. The summed E-state index contributed by atoms with van der Waals surface area (Å²) < 4.78 is 5.19. The maximum absolute atomic E-state index is 11.8. The Morgan fingerprint density at radius 3 is 2.83 bits per heavy atom. The van der Waals surface area contributed by atoms with E-state index in [9.17, 15) is 4.79 Å². The molecule has 0 spiro atoms. The third-order valence-corrected chi connectivity index (χ3v) is 3.74. The van der Waals surface area contributed by atoms with Crippen LogP contribution in [0.3, 0.4) is 0 Å². The number of aryl methyl sites for hydroxylation is 1. The predicted molar refractivity (Wildman–Crippen MR) is 94.8 cm³/mol. The van der Waals surface area contributed by atoms with Gasteiger partial charge >= 0.3 is 0 Å². The van der Waals surface area contributed by atoms with Gasteiger partial charge in [-0.15, -0.1) is 0 Å². The van der Waals surface area contributed by atoms with Crippen LogP contribution in [0.5, 0.6) is 5.75 Å². The van der Waals surface area contributed by atoms with Crippen molar-refractivity contribution in [2.75, 3.05) is 13.7 Å². The molecule has 0 saturated heterocycles. The van der Waals surface area contributed by atoms with Crippen LogP contribution in [0.4, 0.5) is 0 Å². The molecule has 0 aliphatic heterocycles. The molecule has 1 N–H and O–H groups in total. The number of carbonyl (C=O) groups is 1. The molecule has 0 bridgehead atoms. The highest BCUT2D eigenvalue weighted by Gasteiger charge is 1.99. The van der Waals surface area contributed by atoms with Gasteiger partial charge in [0, 0.05) is 17.6 Å². The van der Waals surface area contributed by atoms with Crippen molar-refractivity contribution < 1.29 is 9.53 Å². The molecular weight excluding hydrogens is 310 g/mol. The van der Waals surface area contributed by atoms with Crippen LogP contribution in [0.2, 0.25) is 5.02 Å². The van der Waals surface area contributed by atoms with Crippen molar-refractivity contribution in [3.8, 4) is 5.75 Å². The fourth-order valence-electron chi connectivity index (χ4n) is 2.17. The minimum Gasteiger partial charge on any atom is -0.497 e. The molecule has 1 amide bonds. The highest BCUT2D eigenvalue weighted by Crippen LogP contribution is 2.16. The first-order valence-electron chi connectivity index (χ1n) is 7.52. The first-order chi connectivity index (χ1) is 11.2. The second kappa shape index (κ2) is 9.01. The summed E-state index contributed by atoms with van der Waals surface area (Å²) in [6.45, 7) is 0.628. The molecule has 0 aliphatic rings. The molecule has 0 unspecified atom stereocenters. The first kappa shape index (κ1) is 17.1. The Morgan fingerprint density at radius 1 is 1.22 bits per heavy atom. The molecule has 3 nitrogen and oxygen atoms in total. The van der Waals surface area contributed by atoms with Crippen molar-refractivity contribution in [2.24, 2.45) is 0 Å². The third-order valence-electron chi connectivity index (χ3n) is 3.40. The van der Waals surface area contributed by atoms with Crippen LogP contribution >= 0.6 is 11.6 Å². The Balaban J connectivity index is 1.73. The molecule has 2 rings (SSSR count). The quantitative estimate of drug-likeness (QED) is 0.613. The van der Waals surface area contributed by atoms with E-state index in [1.54, 1.807) is 19.3 Å². The molecule has 0 heterocycles. The Bertz CT molecular complexity index is 683. The average molecular weight is 330 g/mol. The summed E-state index contributed by atoms with van der Waals surface area (Å²) in [6, 6.07) is 15.4. The van der Waals surface area contributed by atoms with Crippen molar-refractivity contribution in [2.45, 2.75) is 12.8 Å². The summed E-state index contributed by atoms with van der Waals surface area (Å²) in [5.74, 6) is 0.741. The van der Waals surface area contributed by atoms with Gasteiger partial charge in [-0.1, -0.05) is 41.9 Å². The lowest BCUT2D eigenvalue weighted by Gasteiger charge is -2.05. The van der Waals surface area contributed by atoms with E-state index in [0.717, 1.165) is 24.2 Å². The highest BCUT2D eigenvalue weighted by molar-refractivity contribution is 6.32. The zero-order valence-electron chi connectivity index (χ0n) is 13.1. The van der Waals surface area contributed by atoms with E-state index in [0.29, 0.717) is 11.6 Å². The Hall–Kier alpha value is -2.26. The molecular formula is C19H20ClNO2. The molecule has 23 heavy (non-hydrogen) atoms. The predicted octanol–water partition coefficient (Wildman–Crippen LogP) is 4.11. The van der Waals surface area contributed by atoms with Gasteiger partial charge in [-0.05, 0) is 48.2 Å². The minimum atomic E-state index is -0.115. The maximum atomic E-state index is 11.8. The van der Waals surface area contributed by atoms with E-state index in [4.69, 9.17) is 16.3 Å². The second-order valence-corrected chi connectivity index (χ2v) is 5.51. The van der Waals surface area contributed by atoms with Crippen LogP contribution in [-0.2, 0) is 11.2 Å². The SMILES string of the molecule is COc1cccc(CCCNC(=O)/C=C/c2ccccc2Cl)c1. The summed E-state index contributed by atoms with van der Waals surface area (Å²) in [7, 11) is 1.66. The number of hydrogen-bond donors (Lipinski definition) is 1. The minimum absolute atomic E-state index is 0.115. The molecule has 2 aromatic carbocycles. The van der Waals surface area contributed by atoms with Gasteiger partial charge in [-0.25, -0.2) is 0 Å². The molecule has 2 aromatic rings. The van der Waals surface area contributed by atoms with Crippen LogP contribution < -0.4 is 10.1 Å². The Kier molecular flexibility index (Phi) is 6.70. The number of amides is 1. The molecule has 120 valence electrons. The van der Waals surface area contributed by atoms with Gasteiger partial charge in [-0.3, -0.25) is 4.79 Å². The van der Waals surface area contributed by atoms with E-state index in [1.807, 2.05) is 36.4 Å². The van der Waals surface area contributed by atoms with Crippen molar-refractivity contribution in [1.82, 2.24) is 5.32 Å². The average Bonchev–Trinajstić information content (AvgIpc) is 2.58. The molecule has 0 fully saturated rings. The zero-order chi connectivity index (χ0) is 16.5. The van der Waals surface area contributed by atoms with Crippen LogP contribution in [-0.4, -0.2) is 19.6 Å². The Morgan fingerprint density at radius 2 is 2.04 bits per heavy atom. The molecule has 0 aromatic heterocycles. The first-order valence-corrected chi connectivity index (χ1v) is 7.90. The Labute approximate surface area is 141 Å². The third kappa shape index (κ3) is 5.80. The number of carbonyl (C=O) groups excluding carboxylic acids is 1. The van der Waals surface area contributed by atoms with Crippen molar-refractivity contribution in [1.29, 1.82) is 0 Å². The van der Waals surface area contributed by atoms with Gasteiger partial charge in [0.2, 0.25) is 5.91 Å². The van der Waals surface area contributed by atoms with Gasteiger partial charge in [0.25, 0.3) is 0 Å². The summed E-state index contributed by atoms with van der Waals surface area (Å²) in [5.41, 5.74) is 2.03. The van der Waals surface area contributed by atoms with Crippen molar-refractivity contribution in [3.05, 3.63) is 70.8 Å². The number of rotatable bonds is 7. The van der Waals surface area contributed by atoms with Crippen molar-refractivity contribution >= 4 is 23.6 Å². The van der Waals surface area contributed by atoms with Gasteiger partial charge < -0.3 is 10.1 Å². The van der Waals surface area contributed by atoms with Gasteiger partial charge in [0.05, 0.1) is 7.11 Å². The summed E-state index contributed by atoms with van der Waals surface area (Å²) in [6.07, 6.45) is 5.00. The van der Waals surface area contributed by atoms with E-state index < -0.39 is 0 Å². The van der Waals surface area contributed by atoms with Crippen molar-refractivity contribution in [3.63, 3.8) is 0 Å². The fourth-order valence-corrected chi connectivity index (χ4v) is 2.37. The zero-order valence-corrected chi connectivity index (χ0v) is 13.8. The summed E-state index contributed by atoms with van der Waals surface area (Å²) in [5, 5.41) is 3.51. The van der Waals surface area contributed by atoms with Crippen LogP contribution in [0.25, 0.3) is 6.08 Å². The van der Waals surface area contributed by atoms with Crippen LogP contribution in [0.1, 0.15) is 17.5 Å². The largest absolute Gasteiger partial charge is 0.497 e. The number of hydrogen-bond acceptors (Lipinski definition) is 2. The van der Waals surface area contributed by atoms with E-state index in [2.05, 4.69) is 11.4 Å². The molecule has 0 radical (unpaired) electrons. The lowest BCUT2D eigenvalue weighted by molar-refractivity contribution is -0.116. The van der Waals surface area contributed by atoms with Crippen LogP contribution in [0, 0.1) is 0 Å². The lowest BCUT2D eigenvalue weighted by Crippen LogP contribution is -2.22.